The first-order valence-corrected chi connectivity index (χ1v) is 8.33. The van der Waals surface area contributed by atoms with E-state index in [9.17, 15) is 0 Å². The molecule has 0 radical (unpaired) electrons. The maximum Gasteiger partial charge on any atom is 0.0398 e. The largest absolute Gasteiger partial charge is 0.368 e. The van der Waals surface area contributed by atoms with Crippen LogP contribution in [0.15, 0.2) is 18.2 Å². The Balaban J connectivity index is 2.08. The molecule has 2 rings (SSSR count). The predicted octanol–water partition coefficient (Wildman–Crippen LogP) is 4.26. The van der Waals surface area contributed by atoms with E-state index < -0.39 is 0 Å². The van der Waals surface area contributed by atoms with Crippen LogP contribution in [0.25, 0.3) is 0 Å². The Kier molecular flexibility index (Phi) is 5.90. The van der Waals surface area contributed by atoms with Gasteiger partial charge in [0.15, 0.2) is 0 Å². The molecule has 0 bridgehead atoms. The lowest BCUT2D eigenvalue weighted by molar-refractivity contribution is 0.449. The van der Waals surface area contributed by atoms with E-state index in [1.54, 1.807) is 0 Å². The molecule has 2 heteroatoms. The molecule has 1 N–H and O–H groups in total. The summed E-state index contributed by atoms with van der Waals surface area (Å²) in [6.07, 6.45) is 6.56. The average Bonchev–Trinajstić information content (AvgIpc) is 2.48. The van der Waals surface area contributed by atoms with Crippen LogP contribution in [0.5, 0.6) is 0 Å². The molecule has 1 aromatic rings. The minimum atomic E-state index is 0.742. The van der Waals surface area contributed by atoms with Crippen molar-refractivity contribution in [3.05, 3.63) is 29.3 Å². The van der Waals surface area contributed by atoms with Crippen molar-refractivity contribution in [3.8, 4) is 0 Å². The third-order valence-corrected chi connectivity index (χ3v) is 4.42. The van der Waals surface area contributed by atoms with Crippen LogP contribution in [-0.4, -0.2) is 19.1 Å². The number of hydrogen-bond donors (Lipinski definition) is 1. The summed E-state index contributed by atoms with van der Waals surface area (Å²) in [7, 11) is 0. The first kappa shape index (κ1) is 15.4. The fourth-order valence-electron chi connectivity index (χ4n) is 3.30. The normalized spacial score (nSPS) is 19.4. The first-order chi connectivity index (χ1) is 9.76. The maximum absolute atomic E-state index is 3.48. The van der Waals surface area contributed by atoms with Crippen LogP contribution in [0.1, 0.15) is 57.1 Å². The lowest BCUT2D eigenvalue weighted by atomic mass is 9.97. The van der Waals surface area contributed by atoms with Gasteiger partial charge in [0.2, 0.25) is 0 Å². The first-order valence-electron chi connectivity index (χ1n) is 8.33. The summed E-state index contributed by atoms with van der Waals surface area (Å²) in [6.45, 7) is 10.1. The quantitative estimate of drug-likeness (QED) is 0.780. The maximum atomic E-state index is 3.48. The molecule has 1 unspecified atom stereocenters. The van der Waals surface area contributed by atoms with Gasteiger partial charge in [-0.05, 0) is 62.8 Å². The highest BCUT2D eigenvalue weighted by Crippen LogP contribution is 2.29. The topological polar surface area (TPSA) is 15.3 Å². The molecule has 0 amide bonds. The summed E-state index contributed by atoms with van der Waals surface area (Å²) >= 11 is 0. The van der Waals surface area contributed by atoms with Crippen molar-refractivity contribution in [2.75, 3.05) is 18.0 Å². The highest BCUT2D eigenvalue weighted by atomic mass is 15.2. The van der Waals surface area contributed by atoms with Gasteiger partial charge in [0.25, 0.3) is 0 Å². The zero-order valence-electron chi connectivity index (χ0n) is 13.4. The third kappa shape index (κ3) is 3.76. The van der Waals surface area contributed by atoms with E-state index in [1.807, 2.05) is 0 Å². The van der Waals surface area contributed by atoms with E-state index in [0.29, 0.717) is 0 Å². The molecule has 1 aromatic carbocycles. The Morgan fingerprint density at radius 1 is 1.25 bits per heavy atom. The zero-order chi connectivity index (χ0) is 14.4. The molecule has 1 atom stereocenters. The molecular formula is C18H30N2. The standard InChI is InChI=1S/C18H30N2/c1-4-11-19-14-16-9-10-18(15(3)13-16)20-12-7-6-8-17(20)5-2/h9-10,13,17,19H,4-8,11-12,14H2,1-3H3. The smallest absolute Gasteiger partial charge is 0.0398 e. The summed E-state index contributed by atoms with van der Waals surface area (Å²) < 4.78 is 0. The predicted molar refractivity (Wildman–Crippen MR) is 88.5 cm³/mol. The summed E-state index contributed by atoms with van der Waals surface area (Å²) in [4.78, 5) is 2.64. The minimum absolute atomic E-state index is 0.742. The van der Waals surface area contributed by atoms with Crippen molar-refractivity contribution in [2.45, 2.75) is 65.5 Å². The number of rotatable bonds is 6. The number of anilines is 1. The Morgan fingerprint density at radius 2 is 2.10 bits per heavy atom. The summed E-state index contributed by atoms with van der Waals surface area (Å²) in [5.74, 6) is 0. The molecule has 1 aliphatic heterocycles. The third-order valence-electron chi connectivity index (χ3n) is 4.42. The van der Waals surface area contributed by atoms with Crippen LogP contribution in [-0.2, 0) is 6.54 Å². The number of aryl methyl sites for hydroxylation is 1. The molecule has 0 aromatic heterocycles. The molecule has 0 saturated carbocycles. The van der Waals surface area contributed by atoms with Gasteiger partial charge in [0, 0.05) is 24.8 Å². The summed E-state index contributed by atoms with van der Waals surface area (Å²) in [5.41, 5.74) is 4.29. The molecule has 1 saturated heterocycles. The van der Waals surface area contributed by atoms with Crippen molar-refractivity contribution >= 4 is 5.69 Å². The Hall–Kier alpha value is -1.02. The van der Waals surface area contributed by atoms with Gasteiger partial charge in [-0.25, -0.2) is 0 Å². The second-order valence-electron chi connectivity index (χ2n) is 6.05. The van der Waals surface area contributed by atoms with Crippen LogP contribution in [0.3, 0.4) is 0 Å². The fourth-order valence-corrected chi connectivity index (χ4v) is 3.30. The van der Waals surface area contributed by atoms with Crippen LogP contribution in [0.4, 0.5) is 5.69 Å². The van der Waals surface area contributed by atoms with Gasteiger partial charge < -0.3 is 10.2 Å². The van der Waals surface area contributed by atoms with Crippen molar-refractivity contribution in [1.29, 1.82) is 0 Å². The van der Waals surface area contributed by atoms with Crippen molar-refractivity contribution in [2.24, 2.45) is 0 Å². The van der Waals surface area contributed by atoms with Gasteiger partial charge in [-0.15, -0.1) is 0 Å². The van der Waals surface area contributed by atoms with E-state index in [-0.39, 0.29) is 0 Å². The van der Waals surface area contributed by atoms with Gasteiger partial charge in [-0.1, -0.05) is 26.0 Å². The monoisotopic (exact) mass is 274 g/mol. The van der Waals surface area contributed by atoms with Crippen LogP contribution in [0, 0.1) is 6.92 Å². The minimum Gasteiger partial charge on any atom is -0.368 e. The Morgan fingerprint density at radius 3 is 2.80 bits per heavy atom. The van der Waals surface area contributed by atoms with E-state index in [4.69, 9.17) is 0 Å². The molecule has 0 aliphatic carbocycles. The zero-order valence-corrected chi connectivity index (χ0v) is 13.4. The average molecular weight is 274 g/mol. The molecular weight excluding hydrogens is 244 g/mol. The number of hydrogen-bond acceptors (Lipinski definition) is 2. The highest BCUT2D eigenvalue weighted by Gasteiger charge is 2.22. The molecule has 0 spiro atoms. The number of piperidine rings is 1. The fraction of sp³-hybridized carbons (Fsp3) is 0.667. The SMILES string of the molecule is CCCNCc1ccc(N2CCCCC2CC)c(C)c1. The summed E-state index contributed by atoms with van der Waals surface area (Å²) in [5, 5.41) is 3.48. The van der Waals surface area contributed by atoms with Gasteiger partial charge >= 0.3 is 0 Å². The van der Waals surface area contributed by atoms with E-state index >= 15 is 0 Å². The van der Waals surface area contributed by atoms with E-state index in [1.165, 1.54) is 55.5 Å². The van der Waals surface area contributed by atoms with Gasteiger partial charge in [0.05, 0.1) is 0 Å². The van der Waals surface area contributed by atoms with E-state index in [0.717, 1.165) is 19.1 Å². The summed E-state index contributed by atoms with van der Waals surface area (Å²) in [6, 6.07) is 7.74. The number of nitrogens with one attached hydrogen (secondary N) is 1. The van der Waals surface area contributed by atoms with Gasteiger partial charge in [-0.3, -0.25) is 0 Å². The van der Waals surface area contributed by atoms with Gasteiger partial charge in [0.1, 0.15) is 0 Å². The molecule has 1 aliphatic rings. The van der Waals surface area contributed by atoms with E-state index in [2.05, 4.69) is 49.2 Å². The molecule has 1 fully saturated rings. The van der Waals surface area contributed by atoms with Crippen LogP contribution >= 0.6 is 0 Å². The Labute approximate surface area is 124 Å². The number of benzene rings is 1. The lowest BCUT2D eigenvalue weighted by Crippen LogP contribution is -2.39. The molecule has 112 valence electrons. The van der Waals surface area contributed by atoms with Crippen LogP contribution < -0.4 is 10.2 Å². The molecule has 2 nitrogen and oxygen atoms in total. The highest BCUT2D eigenvalue weighted by molar-refractivity contribution is 5.55. The lowest BCUT2D eigenvalue weighted by Gasteiger charge is -2.38. The van der Waals surface area contributed by atoms with Gasteiger partial charge in [-0.2, -0.15) is 0 Å². The molecule has 20 heavy (non-hydrogen) atoms. The van der Waals surface area contributed by atoms with Crippen molar-refractivity contribution in [1.82, 2.24) is 5.32 Å². The van der Waals surface area contributed by atoms with Crippen molar-refractivity contribution < 1.29 is 0 Å². The second kappa shape index (κ2) is 7.68. The van der Waals surface area contributed by atoms with Crippen LogP contribution in [0.2, 0.25) is 0 Å². The Bertz CT molecular complexity index is 414. The number of nitrogens with zero attached hydrogens (tertiary/aromatic N) is 1. The molecule has 1 heterocycles. The van der Waals surface area contributed by atoms with Crippen molar-refractivity contribution in [3.63, 3.8) is 0 Å². The second-order valence-corrected chi connectivity index (χ2v) is 6.05.